The highest BCUT2D eigenvalue weighted by Crippen LogP contribution is 2.35. The molecule has 192 valence electrons. The number of piperidine rings is 1. The SMILES string of the molecule is COc1ccc2nccc([C@@H](O)CC[C@@H]3CCN(CCSc4ccc(F)cc4)C[C@@H]3CC(=O)O)c2c1. The highest BCUT2D eigenvalue weighted by Gasteiger charge is 2.31. The quantitative estimate of drug-likeness (QED) is 0.333. The molecule has 0 saturated carbocycles. The number of carboxylic acid groups (broad SMARTS) is 1. The Morgan fingerprint density at radius 3 is 2.78 bits per heavy atom. The number of nitrogens with zero attached hydrogens (tertiary/aromatic N) is 2. The third-order valence-corrected chi connectivity index (χ3v) is 8.05. The summed E-state index contributed by atoms with van der Waals surface area (Å²) in [6.07, 6.45) is 3.44. The van der Waals surface area contributed by atoms with Crippen LogP contribution in [-0.4, -0.2) is 58.6 Å². The lowest BCUT2D eigenvalue weighted by atomic mass is 9.79. The number of rotatable bonds is 11. The first kappa shape index (κ1) is 26.4. The number of aliphatic hydroxyl groups is 1. The number of fused-ring (bicyclic) bond motifs is 1. The zero-order valence-corrected chi connectivity index (χ0v) is 21.3. The standard InChI is InChI=1S/C28H33FN2O4S/c1-35-22-5-8-26-25(17-22)24(10-12-30-26)27(32)9-2-19-11-13-31(18-20(19)16-28(33)34)14-15-36-23-6-3-21(29)4-7-23/h3-8,10,12,17,19-20,27,32H,2,9,11,13-16,18H2,1H3,(H,33,34)/t19-,20+,27+/m1/s1. The van der Waals surface area contributed by atoms with Crippen LogP contribution in [0.15, 0.2) is 59.6 Å². The first-order valence-electron chi connectivity index (χ1n) is 12.4. The maximum Gasteiger partial charge on any atom is 0.303 e. The third-order valence-electron chi connectivity index (χ3n) is 7.05. The molecule has 1 aliphatic rings. The zero-order valence-electron chi connectivity index (χ0n) is 20.5. The Morgan fingerprint density at radius 1 is 1.22 bits per heavy atom. The number of pyridine rings is 1. The minimum atomic E-state index is -0.777. The molecule has 6 nitrogen and oxygen atoms in total. The summed E-state index contributed by atoms with van der Waals surface area (Å²) in [6.45, 7) is 2.51. The number of aliphatic hydroxyl groups excluding tert-OH is 1. The van der Waals surface area contributed by atoms with Crippen LogP contribution in [0.25, 0.3) is 10.9 Å². The number of methoxy groups -OCH3 is 1. The summed E-state index contributed by atoms with van der Waals surface area (Å²) >= 11 is 1.68. The highest BCUT2D eigenvalue weighted by atomic mass is 32.2. The Labute approximate surface area is 215 Å². The third kappa shape index (κ3) is 6.96. The van der Waals surface area contributed by atoms with Crippen LogP contribution in [0.2, 0.25) is 0 Å². The van der Waals surface area contributed by atoms with Crippen molar-refractivity contribution in [3.8, 4) is 5.75 Å². The number of hydrogen-bond acceptors (Lipinski definition) is 6. The Bertz CT molecular complexity index is 1160. The number of thioether (sulfide) groups is 1. The van der Waals surface area contributed by atoms with Crippen LogP contribution in [0.3, 0.4) is 0 Å². The van der Waals surface area contributed by atoms with E-state index in [1.807, 2.05) is 24.3 Å². The van der Waals surface area contributed by atoms with E-state index in [-0.39, 0.29) is 24.1 Å². The maximum absolute atomic E-state index is 13.1. The van der Waals surface area contributed by atoms with Gasteiger partial charge in [0.05, 0.1) is 18.7 Å². The zero-order chi connectivity index (χ0) is 25.5. The Hall–Kier alpha value is -2.68. The number of halogens is 1. The van der Waals surface area contributed by atoms with Gasteiger partial charge in [0.25, 0.3) is 0 Å². The lowest BCUT2D eigenvalue weighted by Crippen LogP contribution is -2.42. The molecule has 3 atom stereocenters. The topological polar surface area (TPSA) is 82.9 Å². The van der Waals surface area contributed by atoms with E-state index in [2.05, 4.69) is 9.88 Å². The van der Waals surface area contributed by atoms with Crippen molar-refractivity contribution >= 4 is 28.6 Å². The second-order valence-corrected chi connectivity index (χ2v) is 10.6. The number of aromatic nitrogens is 1. The number of aliphatic carboxylic acids is 1. The van der Waals surface area contributed by atoms with Crippen molar-refractivity contribution in [2.75, 3.05) is 32.5 Å². The molecule has 1 aromatic heterocycles. The predicted octanol–water partition coefficient (Wildman–Crippen LogP) is 5.40. The molecule has 1 fully saturated rings. The monoisotopic (exact) mass is 512 g/mol. The Morgan fingerprint density at radius 2 is 2.03 bits per heavy atom. The van der Waals surface area contributed by atoms with E-state index in [0.717, 1.165) is 65.3 Å². The lowest BCUT2D eigenvalue weighted by molar-refractivity contribution is -0.139. The molecule has 0 aliphatic carbocycles. The molecule has 0 unspecified atom stereocenters. The van der Waals surface area contributed by atoms with Crippen LogP contribution in [-0.2, 0) is 4.79 Å². The van der Waals surface area contributed by atoms with Gasteiger partial charge >= 0.3 is 5.97 Å². The number of hydrogen-bond donors (Lipinski definition) is 2. The second-order valence-electron chi connectivity index (χ2n) is 9.39. The summed E-state index contributed by atoms with van der Waals surface area (Å²) in [5, 5.41) is 21.4. The van der Waals surface area contributed by atoms with Crippen LogP contribution < -0.4 is 4.74 Å². The predicted molar refractivity (Wildman–Crippen MR) is 140 cm³/mol. The summed E-state index contributed by atoms with van der Waals surface area (Å²) < 4.78 is 18.4. The fourth-order valence-electron chi connectivity index (χ4n) is 5.11. The van der Waals surface area contributed by atoms with Gasteiger partial charge in [0.1, 0.15) is 11.6 Å². The average Bonchev–Trinajstić information content (AvgIpc) is 2.88. The molecule has 3 aromatic rings. The van der Waals surface area contributed by atoms with E-state index in [1.54, 1.807) is 37.2 Å². The van der Waals surface area contributed by atoms with Gasteiger partial charge in [-0.2, -0.15) is 0 Å². The van der Waals surface area contributed by atoms with Crippen molar-refractivity contribution in [3.05, 3.63) is 66.1 Å². The van der Waals surface area contributed by atoms with Gasteiger partial charge in [-0.05, 0) is 91.7 Å². The van der Waals surface area contributed by atoms with Crippen molar-refractivity contribution in [2.45, 2.75) is 36.7 Å². The summed E-state index contributed by atoms with van der Waals surface area (Å²) in [5.74, 6) is 0.872. The first-order chi connectivity index (χ1) is 17.4. The van der Waals surface area contributed by atoms with Gasteiger partial charge in [0.2, 0.25) is 0 Å². The number of carbonyl (C=O) groups is 1. The Kier molecular flexibility index (Phi) is 9.18. The van der Waals surface area contributed by atoms with E-state index in [0.29, 0.717) is 6.42 Å². The fourth-order valence-corrected chi connectivity index (χ4v) is 6.02. The van der Waals surface area contributed by atoms with Gasteiger partial charge in [0.15, 0.2) is 0 Å². The van der Waals surface area contributed by atoms with Gasteiger partial charge in [0, 0.05) is 41.7 Å². The molecular formula is C28H33FN2O4S. The molecule has 1 saturated heterocycles. The van der Waals surface area contributed by atoms with E-state index in [4.69, 9.17) is 4.74 Å². The van der Waals surface area contributed by atoms with Crippen molar-refractivity contribution in [1.82, 2.24) is 9.88 Å². The highest BCUT2D eigenvalue weighted by molar-refractivity contribution is 7.99. The average molecular weight is 513 g/mol. The van der Waals surface area contributed by atoms with Crippen LogP contribution in [0, 0.1) is 17.7 Å². The number of ether oxygens (including phenoxy) is 1. The molecule has 0 amide bonds. The Balaban J connectivity index is 1.34. The molecule has 1 aliphatic heterocycles. The molecular weight excluding hydrogens is 479 g/mol. The number of likely N-dealkylation sites (tertiary alicyclic amines) is 1. The molecule has 36 heavy (non-hydrogen) atoms. The number of benzene rings is 2. The smallest absolute Gasteiger partial charge is 0.303 e. The summed E-state index contributed by atoms with van der Waals surface area (Å²) in [7, 11) is 1.62. The molecule has 0 spiro atoms. The molecule has 8 heteroatoms. The molecule has 2 aromatic carbocycles. The van der Waals surface area contributed by atoms with E-state index < -0.39 is 12.1 Å². The minimum Gasteiger partial charge on any atom is -0.497 e. The number of carboxylic acids is 1. The lowest BCUT2D eigenvalue weighted by Gasteiger charge is -2.38. The second kappa shape index (κ2) is 12.5. The van der Waals surface area contributed by atoms with Gasteiger partial charge < -0.3 is 19.8 Å². The maximum atomic E-state index is 13.1. The molecule has 0 radical (unpaired) electrons. The van der Waals surface area contributed by atoms with E-state index in [1.165, 1.54) is 12.1 Å². The fraction of sp³-hybridized carbons (Fsp3) is 0.429. The summed E-state index contributed by atoms with van der Waals surface area (Å²) in [5.41, 5.74) is 1.63. The van der Waals surface area contributed by atoms with Crippen molar-refractivity contribution in [1.29, 1.82) is 0 Å². The van der Waals surface area contributed by atoms with Gasteiger partial charge in [-0.1, -0.05) is 0 Å². The minimum absolute atomic E-state index is 0.0496. The van der Waals surface area contributed by atoms with Crippen LogP contribution >= 0.6 is 11.8 Å². The normalized spacial score (nSPS) is 19.3. The van der Waals surface area contributed by atoms with E-state index >= 15 is 0 Å². The van der Waals surface area contributed by atoms with Crippen LogP contribution in [0.4, 0.5) is 4.39 Å². The van der Waals surface area contributed by atoms with E-state index in [9.17, 15) is 19.4 Å². The van der Waals surface area contributed by atoms with Crippen molar-refractivity contribution in [2.24, 2.45) is 11.8 Å². The summed E-state index contributed by atoms with van der Waals surface area (Å²) in [6, 6.07) is 14.0. The molecule has 2 heterocycles. The van der Waals surface area contributed by atoms with Crippen molar-refractivity contribution < 1.29 is 24.1 Å². The van der Waals surface area contributed by atoms with Crippen molar-refractivity contribution in [3.63, 3.8) is 0 Å². The molecule has 0 bridgehead atoms. The molecule has 4 rings (SSSR count). The van der Waals surface area contributed by atoms with Gasteiger partial charge in [-0.3, -0.25) is 9.78 Å². The molecule has 2 N–H and O–H groups in total. The van der Waals surface area contributed by atoms with Gasteiger partial charge in [-0.25, -0.2) is 4.39 Å². The van der Waals surface area contributed by atoms with Crippen LogP contribution in [0.1, 0.15) is 37.4 Å². The van der Waals surface area contributed by atoms with Crippen LogP contribution in [0.5, 0.6) is 5.75 Å². The summed E-state index contributed by atoms with van der Waals surface area (Å²) in [4.78, 5) is 19.3. The largest absolute Gasteiger partial charge is 0.497 e. The van der Waals surface area contributed by atoms with Gasteiger partial charge in [-0.15, -0.1) is 11.8 Å². The first-order valence-corrected chi connectivity index (χ1v) is 13.3.